The maximum Gasteiger partial charge on any atom is 0.410 e. The maximum atomic E-state index is 11.8. The number of amides is 1. The third-order valence-corrected chi connectivity index (χ3v) is 2.39. The van der Waals surface area contributed by atoms with Gasteiger partial charge in [0.1, 0.15) is 12.1 Å². The number of carbonyl (C=O) groups is 2. The first kappa shape index (κ1) is 14.7. The standard InChI is InChI=1S/C11H21N3O4/c1-11(2,3)18-10(17)13-4-6-14(7-5-13)12-8-9(15)16/h12H,4-8H2,1-3H3,(H,15,16). The fourth-order valence-electron chi connectivity index (χ4n) is 1.55. The Hall–Kier alpha value is -1.34. The van der Waals surface area contributed by atoms with Gasteiger partial charge in [-0.2, -0.15) is 0 Å². The molecule has 0 aromatic heterocycles. The van der Waals surface area contributed by atoms with E-state index in [1.807, 2.05) is 20.8 Å². The topological polar surface area (TPSA) is 82.1 Å². The minimum atomic E-state index is -0.899. The molecule has 0 atom stereocenters. The van der Waals surface area contributed by atoms with E-state index in [4.69, 9.17) is 9.84 Å². The third-order valence-electron chi connectivity index (χ3n) is 2.39. The van der Waals surface area contributed by atoms with E-state index in [1.165, 1.54) is 0 Å². The first-order chi connectivity index (χ1) is 8.28. The number of hydrogen-bond acceptors (Lipinski definition) is 5. The van der Waals surface area contributed by atoms with Crippen LogP contribution < -0.4 is 5.43 Å². The minimum Gasteiger partial charge on any atom is -0.480 e. The molecule has 1 rings (SSSR count). The average molecular weight is 259 g/mol. The van der Waals surface area contributed by atoms with Crippen LogP contribution in [0.5, 0.6) is 0 Å². The SMILES string of the molecule is CC(C)(C)OC(=O)N1CCN(NCC(=O)O)CC1. The van der Waals surface area contributed by atoms with Crippen LogP contribution >= 0.6 is 0 Å². The van der Waals surface area contributed by atoms with Crippen LogP contribution in [0.2, 0.25) is 0 Å². The molecular formula is C11H21N3O4. The third kappa shape index (κ3) is 5.33. The van der Waals surface area contributed by atoms with Crippen LogP contribution in [0.15, 0.2) is 0 Å². The Balaban J connectivity index is 2.30. The Morgan fingerprint density at radius 2 is 1.78 bits per heavy atom. The zero-order valence-corrected chi connectivity index (χ0v) is 11.1. The molecular weight excluding hydrogens is 238 g/mol. The van der Waals surface area contributed by atoms with E-state index in [9.17, 15) is 9.59 Å². The van der Waals surface area contributed by atoms with Gasteiger partial charge in [0.25, 0.3) is 0 Å². The molecule has 2 N–H and O–H groups in total. The molecule has 0 bridgehead atoms. The highest BCUT2D eigenvalue weighted by atomic mass is 16.6. The summed E-state index contributed by atoms with van der Waals surface area (Å²) in [5.74, 6) is -0.899. The lowest BCUT2D eigenvalue weighted by Crippen LogP contribution is -2.54. The number of carbonyl (C=O) groups excluding carboxylic acids is 1. The molecule has 0 aliphatic carbocycles. The number of hydrogen-bond donors (Lipinski definition) is 2. The van der Waals surface area contributed by atoms with E-state index in [0.717, 1.165) is 0 Å². The van der Waals surface area contributed by atoms with Gasteiger partial charge >= 0.3 is 12.1 Å². The van der Waals surface area contributed by atoms with Crippen molar-refractivity contribution in [1.82, 2.24) is 15.3 Å². The van der Waals surface area contributed by atoms with Crippen LogP contribution in [0.3, 0.4) is 0 Å². The van der Waals surface area contributed by atoms with Crippen LogP contribution in [0.25, 0.3) is 0 Å². The molecule has 18 heavy (non-hydrogen) atoms. The summed E-state index contributed by atoms with van der Waals surface area (Å²) >= 11 is 0. The normalized spacial score (nSPS) is 17.6. The summed E-state index contributed by atoms with van der Waals surface area (Å²) in [6.07, 6.45) is -0.319. The predicted octanol–water partition coefficient (Wildman–Crippen LogP) is 0.128. The van der Waals surface area contributed by atoms with E-state index in [0.29, 0.717) is 26.2 Å². The number of carboxylic acid groups (broad SMARTS) is 1. The number of aliphatic carboxylic acids is 1. The molecule has 1 fully saturated rings. The van der Waals surface area contributed by atoms with Gasteiger partial charge < -0.3 is 14.7 Å². The second kappa shape index (κ2) is 6.01. The summed E-state index contributed by atoms with van der Waals surface area (Å²) < 4.78 is 5.26. The molecule has 104 valence electrons. The predicted molar refractivity (Wildman–Crippen MR) is 65.0 cm³/mol. The number of nitrogens with one attached hydrogen (secondary N) is 1. The summed E-state index contributed by atoms with van der Waals surface area (Å²) in [7, 11) is 0. The lowest BCUT2D eigenvalue weighted by molar-refractivity contribution is -0.137. The lowest BCUT2D eigenvalue weighted by atomic mass is 10.2. The summed E-state index contributed by atoms with van der Waals surface area (Å²) in [6.45, 7) is 7.62. The van der Waals surface area contributed by atoms with Gasteiger partial charge in [0.15, 0.2) is 0 Å². The van der Waals surface area contributed by atoms with Gasteiger partial charge in [0.05, 0.1) is 0 Å². The molecule has 1 aliphatic rings. The fraction of sp³-hybridized carbons (Fsp3) is 0.818. The van der Waals surface area contributed by atoms with E-state index < -0.39 is 11.6 Å². The van der Waals surface area contributed by atoms with Crippen molar-refractivity contribution in [2.75, 3.05) is 32.7 Å². The average Bonchev–Trinajstić information content (AvgIpc) is 2.24. The quantitative estimate of drug-likeness (QED) is 0.749. The first-order valence-corrected chi connectivity index (χ1v) is 5.96. The molecule has 1 saturated heterocycles. The molecule has 0 spiro atoms. The molecule has 0 radical (unpaired) electrons. The Bertz CT molecular complexity index is 306. The van der Waals surface area contributed by atoms with Crippen LogP contribution in [-0.4, -0.2) is 65.4 Å². The van der Waals surface area contributed by atoms with E-state index in [2.05, 4.69) is 5.43 Å². The summed E-state index contributed by atoms with van der Waals surface area (Å²) in [5, 5.41) is 10.3. The molecule has 7 heteroatoms. The molecule has 1 heterocycles. The molecule has 7 nitrogen and oxygen atoms in total. The Kier molecular flexibility index (Phi) is 4.92. The highest BCUT2D eigenvalue weighted by Crippen LogP contribution is 2.11. The number of piperazine rings is 1. The molecule has 1 amide bonds. The second-order valence-electron chi connectivity index (χ2n) is 5.18. The minimum absolute atomic E-state index is 0.105. The largest absolute Gasteiger partial charge is 0.480 e. The van der Waals surface area contributed by atoms with Crippen molar-refractivity contribution in [2.24, 2.45) is 0 Å². The number of hydrazine groups is 1. The monoisotopic (exact) mass is 259 g/mol. The molecule has 1 aliphatic heterocycles. The van der Waals surface area contributed by atoms with Crippen molar-refractivity contribution in [3.8, 4) is 0 Å². The highest BCUT2D eigenvalue weighted by molar-refractivity contribution is 5.69. The van der Waals surface area contributed by atoms with Crippen molar-refractivity contribution in [1.29, 1.82) is 0 Å². The molecule has 0 aromatic rings. The van der Waals surface area contributed by atoms with Crippen molar-refractivity contribution < 1.29 is 19.4 Å². The number of rotatable bonds is 3. The summed E-state index contributed by atoms with van der Waals surface area (Å²) in [4.78, 5) is 23.8. The van der Waals surface area contributed by atoms with Gasteiger partial charge in [-0.25, -0.2) is 15.2 Å². The lowest BCUT2D eigenvalue weighted by Gasteiger charge is -2.35. The Labute approximate surface area is 107 Å². The van der Waals surface area contributed by atoms with Crippen LogP contribution in [0.4, 0.5) is 4.79 Å². The van der Waals surface area contributed by atoms with Crippen LogP contribution in [0.1, 0.15) is 20.8 Å². The summed E-state index contributed by atoms with van der Waals surface area (Å²) in [6, 6.07) is 0. The van der Waals surface area contributed by atoms with Crippen LogP contribution in [-0.2, 0) is 9.53 Å². The van der Waals surface area contributed by atoms with E-state index in [1.54, 1.807) is 9.91 Å². The van der Waals surface area contributed by atoms with Crippen molar-refractivity contribution in [3.05, 3.63) is 0 Å². The smallest absolute Gasteiger partial charge is 0.410 e. The van der Waals surface area contributed by atoms with E-state index in [-0.39, 0.29) is 12.6 Å². The second-order valence-corrected chi connectivity index (χ2v) is 5.18. The van der Waals surface area contributed by atoms with E-state index >= 15 is 0 Å². The Morgan fingerprint density at radius 3 is 2.22 bits per heavy atom. The number of nitrogens with zero attached hydrogens (tertiary/aromatic N) is 2. The highest BCUT2D eigenvalue weighted by Gasteiger charge is 2.25. The fourth-order valence-corrected chi connectivity index (χ4v) is 1.55. The maximum absolute atomic E-state index is 11.8. The molecule has 0 aromatic carbocycles. The summed E-state index contributed by atoms with van der Waals surface area (Å²) in [5.41, 5.74) is 2.29. The number of ether oxygens (including phenoxy) is 1. The van der Waals surface area contributed by atoms with Gasteiger partial charge in [-0.15, -0.1) is 0 Å². The van der Waals surface area contributed by atoms with Gasteiger partial charge in [0, 0.05) is 26.2 Å². The van der Waals surface area contributed by atoms with Gasteiger partial charge in [-0.1, -0.05) is 0 Å². The molecule has 0 saturated carbocycles. The zero-order chi connectivity index (χ0) is 13.8. The molecule has 0 unspecified atom stereocenters. The van der Waals surface area contributed by atoms with Crippen LogP contribution in [0, 0.1) is 0 Å². The first-order valence-electron chi connectivity index (χ1n) is 5.96. The van der Waals surface area contributed by atoms with Gasteiger partial charge in [0.2, 0.25) is 0 Å². The van der Waals surface area contributed by atoms with Crippen molar-refractivity contribution >= 4 is 12.1 Å². The zero-order valence-electron chi connectivity index (χ0n) is 11.1. The Morgan fingerprint density at radius 1 is 1.22 bits per heavy atom. The van der Waals surface area contributed by atoms with Crippen molar-refractivity contribution in [3.63, 3.8) is 0 Å². The van der Waals surface area contributed by atoms with Gasteiger partial charge in [-0.3, -0.25) is 4.79 Å². The van der Waals surface area contributed by atoms with Gasteiger partial charge in [-0.05, 0) is 20.8 Å². The van der Waals surface area contributed by atoms with Crippen molar-refractivity contribution in [2.45, 2.75) is 26.4 Å². The number of carboxylic acids is 1.